The minimum absolute atomic E-state index is 0.335. The molecule has 0 amide bonds. The number of hydrogen-bond donors (Lipinski definition) is 0. The van der Waals surface area contributed by atoms with Gasteiger partial charge in [0.1, 0.15) is 12.3 Å². The van der Waals surface area contributed by atoms with Gasteiger partial charge in [0.25, 0.3) is 0 Å². The zero-order valence-electron chi connectivity index (χ0n) is 31.8. The Morgan fingerprint density at radius 3 is 1.02 bits per heavy atom. The molecule has 286 valence electrons. The SMILES string of the molecule is CCOP(=O)(CC[n+]1ccc(-c2cc[n+](Cc3cc(CBr)cc(C[n+]4ccc(-c5cc[n+](CCP(=O)(OCC)OCC)cc5)cc4)c3)cc2)cc1)OCC. The molecule has 0 unspecified atom stereocenters. The number of benzene rings is 1. The maximum absolute atomic E-state index is 12.8. The van der Waals surface area contributed by atoms with Crippen molar-refractivity contribution in [3.63, 3.8) is 0 Å². The Morgan fingerprint density at radius 1 is 0.463 bits per heavy atom. The van der Waals surface area contributed by atoms with Crippen molar-refractivity contribution in [2.24, 2.45) is 0 Å². The summed E-state index contributed by atoms with van der Waals surface area (Å²) in [7, 11) is -6.15. The van der Waals surface area contributed by atoms with E-state index in [0.717, 1.165) is 40.7 Å². The highest BCUT2D eigenvalue weighted by molar-refractivity contribution is 9.08. The average Bonchev–Trinajstić information content (AvgIpc) is 3.18. The number of aromatic nitrogens is 4. The molecule has 10 nitrogen and oxygen atoms in total. The van der Waals surface area contributed by atoms with E-state index in [0.29, 0.717) is 51.8 Å². The molecule has 0 aliphatic heterocycles. The fourth-order valence-corrected chi connectivity index (χ4v) is 9.74. The third-order valence-corrected chi connectivity index (χ3v) is 13.5. The van der Waals surface area contributed by atoms with Crippen molar-refractivity contribution in [1.82, 2.24) is 0 Å². The summed E-state index contributed by atoms with van der Waals surface area (Å²) in [6.45, 7) is 11.4. The molecule has 13 heteroatoms. The van der Waals surface area contributed by atoms with Gasteiger partial charge in [-0.05, 0) is 73.7 Å². The second-order valence-electron chi connectivity index (χ2n) is 12.8. The van der Waals surface area contributed by atoms with Crippen molar-refractivity contribution in [2.75, 3.05) is 38.8 Å². The molecule has 5 aromatic rings. The highest BCUT2D eigenvalue weighted by Crippen LogP contribution is 2.48. The number of nitrogens with zero attached hydrogens (tertiary/aromatic N) is 4. The Kier molecular flexibility index (Phi) is 15.9. The maximum Gasteiger partial charge on any atom is 0.337 e. The van der Waals surface area contributed by atoms with Gasteiger partial charge in [-0.2, -0.15) is 0 Å². The van der Waals surface area contributed by atoms with Gasteiger partial charge < -0.3 is 18.1 Å². The number of halogens is 1. The molecule has 0 aliphatic rings. The first-order valence-electron chi connectivity index (χ1n) is 18.6. The van der Waals surface area contributed by atoms with Crippen LogP contribution in [0.4, 0.5) is 0 Å². The lowest BCUT2D eigenvalue weighted by Gasteiger charge is -2.15. The van der Waals surface area contributed by atoms with Crippen LogP contribution in [0.3, 0.4) is 0 Å². The minimum Gasteiger partial charge on any atom is -0.309 e. The van der Waals surface area contributed by atoms with Crippen LogP contribution < -0.4 is 18.3 Å². The first kappa shape index (κ1) is 41.8. The summed E-state index contributed by atoms with van der Waals surface area (Å²) in [4.78, 5) is 0. The fraction of sp³-hybridized carbons (Fsp3) is 0.366. The molecule has 0 radical (unpaired) electrons. The van der Waals surface area contributed by atoms with E-state index in [1.54, 1.807) is 0 Å². The van der Waals surface area contributed by atoms with Gasteiger partial charge >= 0.3 is 15.2 Å². The quantitative estimate of drug-likeness (QED) is 0.0428. The molecule has 0 bridgehead atoms. The molecule has 0 spiro atoms. The fourth-order valence-electron chi connectivity index (χ4n) is 6.22. The zero-order valence-corrected chi connectivity index (χ0v) is 35.1. The smallest absolute Gasteiger partial charge is 0.309 e. The molecule has 54 heavy (non-hydrogen) atoms. The molecule has 0 aliphatic carbocycles. The maximum atomic E-state index is 12.8. The molecule has 5 rings (SSSR count). The van der Waals surface area contributed by atoms with Crippen LogP contribution in [0.2, 0.25) is 0 Å². The molecule has 0 fully saturated rings. The summed E-state index contributed by atoms with van der Waals surface area (Å²) in [6.07, 6.45) is 17.2. The van der Waals surface area contributed by atoms with Gasteiger partial charge in [-0.1, -0.05) is 15.9 Å². The van der Waals surface area contributed by atoms with Crippen molar-refractivity contribution in [2.45, 2.75) is 59.2 Å². The van der Waals surface area contributed by atoms with E-state index in [4.69, 9.17) is 18.1 Å². The number of rotatable bonds is 21. The predicted octanol–water partition coefficient (Wildman–Crippen LogP) is 7.69. The van der Waals surface area contributed by atoms with Crippen molar-refractivity contribution >= 4 is 31.1 Å². The Balaban J connectivity index is 1.18. The number of alkyl halides is 1. The van der Waals surface area contributed by atoms with Crippen LogP contribution in [0.15, 0.2) is 116 Å². The van der Waals surface area contributed by atoms with Gasteiger partial charge in [-0.25, -0.2) is 18.3 Å². The highest BCUT2D eigenvalue weighted by atomic mass is 79.9. The molecule has 1 aromatic carbocycles. The Bertz CT molecular complexity index is 1850. The first-order valence-corrected chi connectivity index (χ1v) is 23.2. The van der Waals surface area contributed by atoms with E-state index in [-0.39, 0.29) is 0 Å². The lowest BCUT2D eigenvalue weighted by molar-refractivity contribution is -0.692. The van der Waals surface area contributed by atoms with Crippen LogP contribution in [0.25, 0.3) is 22.3 Å². The average molecular weight is 840 g/mol. The van der Waals surface area contributed by atoms with E-state index in [1.807, 2.05) is 61.6 Å². The largest absolute Gasteiger partial charge is 0.337 e. The monoisotopic (exact) mass is 838 g/mol. The summed E-state index contributed by atoms with van der Waals surface area (Å²) >= 11 is 3.67. The van der Waals surface area contributed by atoms with Gasteiger partial charge in [0.2, 0.25) is 0 Å². The summed E-state index contributed by atoms with van der Waals surface area (Å²) in [5, 5.41) is 0.784. The van der Waals surface area contributed by atoms with Crippen LogP contribution in [-0.2, 0) is 58.7 Å². The van der Waals surface area contributed by atoms with Gasteiger partial charge in [-0.3, -0.25) is 9.13 Å². The highest BCUT2D eigenvalue weighted by Gasteiger charge is 2.26. The van der Waals surface area contributed by atoms with E-state index in [2.05, 4.69) is 117 Å². The Morgan fingerprint density at radius 2 is 0.741 bits per heavy atom. The molecule has 0 atom stereocenters. The van der Waals surface area contributed by atoms with Crippen molar-refractivity contribution in [3.8, 4) is 22.3 Å². The normalized spacial score (nSPS) is 11.9. The zero-order chi connectivity index (χ0) is 38.4. The molecule has 4 aromatic heterocycles. The number of hydrogen-bond acceptors (Lipinski definition) is 6. The second kappa shape index (κ2) is 20.5. The van der Waals surface area contributed by atoms with E-state index >= 15 is 0 Å². The van der Waals surface area contributed by atoms with Gasteiger partial charge in [0, 0.05) is 65.0 Å². The third kappa shape index (κ3) is 12.3. The second-order valence-corrected chi connectivity index (χ2v) is 17.7. The van der Waals surface area contributed by atoms with E-state index in [1.165, 1.54) is 16.7 Å². The van der Waals surface area contributed by atoms with Crippen LogP contribution >= 0.6 is 31.1 Å². The molecular formula is C41H53BrN4O6P2+4. The van der Waals surface area contributed by atoms with Gasteiger partial charge in [0.15, 0.2) is 75.8 Å². The molecule has 0 N–H and O–H groups in total. The lowest BCUT2D eigenvalue weighted by atomic mass is 10.1. The standard InChI is InChI=1S/C41H53BrN4O6P2/c1-5-49-53(47,50-6-2)27-25-43-17-9-38(10-18-43)40-13-21-45(22-14-40)33-36-29-35(32-42)30-37(31-36)34-46-23-15-41(16-24-46)39-11-19-44(20-12-39)26-28-54(48,51-7-3)52-8-4/h9-24,29-31H,5-8,25-28,32-34H2,1-4H3/q+4. The van der Waals surface area contributed by atoms with Crippen molar-refractivity contribution in [3.05, 3.63) is 133 Å². The van der Waals surface area contributed by atoms with Crippen molar-refractivity contribution < 1.29 is 45.5 Å². The topological polar surface area (TPSA) is 86.6 Å². The molecular weight excluding hydrogens is 786 g/mol. The van der Waals surface area contributed by atoms with Gasteiger partial charge in [0.05, 0.1) is 26.4 Å². The molecule has 4 heterocycles. The first-order chi connectivity index (χ1) is 26.2. The summed E-state index contributed by atoms with van der Waals surface area (Å²) in [5.41, 5.74) is 8.21. The minimum atomic E-state index is -3.08. The van der Waals surface area contributed by atoms with E-state index < -0.39 is 15.2 Å². The van der Waals surface area contributed by atoms with Gasteiger partial charge in [-0.15, -0.1) is 0 Å². The number of aryl methyl sites for hydroxylation is 2. The lowest BCUT2D eigenvalue weighted by Crippen LogP contribution is -2.35. The Labute approximate surface area is 328 Å². The van der Waals surface area contributed by atoms with Crippen LogP contribution in [0, 0.1) is 0 Å². The predicted molar refractivity (Wildman–Crippen MR) is 213 cm³/mol. The van der Waals surface area contributed by atoms with E-state index in [9.17, 15) is 9.13 Å². The van der Waals surface area contributed by atoms with Crippen LogP contribution in [0.1, 0.15) is 44.4 Å². The molecule has 0 saturated carbocycles. The third-order valence-electron chi connectivity index (χ3n) is 8.80. The molecule has 0 saturated heterocycles. The number of pyridine rings is 4. The summed E-state index contributed by atoms with van der Waals surface area (Å²) in [6, 6.07) is 23.7. The van der Waals surface area contributed by atoms with Crippen LogP contribution in [-0.4, -0.2) is 38.8 Å². The van der Waals surface area contributed by atoms with Crippen LogP contribution in [0.5, 0.6) is 0 Å². The summed E-state index contributed by atoms with van der Waals surface area (Å²) in [5.74, 6) is 0. The Hall–Kier alpha value is -3.40. The summed E-state index contributed by atoms with van der Waals surface area (Å²) < 4.78 is 55.8. The van der Waals surface area contributed by atoms with Crippen molar-refractivity contribution in [1.29, 1.82) is 0 Å².